The molecule has 1 aromatic carbocycles. The number of benzene rings is 1. The maximum absolute atomic E-state index is 13.8. The Labute approximate surface area is 102 Å². The summed E-state index contributed by atoms with van der Waals surface area (Å²) in [5.41, 5.74) is 0.261. The molecule has 3 nitrogen and oxygen atoms in total. The Hall–Kier alpha value is -2.48. The lowest BCUT2D eigenvalue weighted by Crippen LogP contribution is -1.96. The summed E-state index contributed by atoms with van der Waals surface area (Å²) in [5, 5.41) is 8.63. The summed E-state index contributed by atoms with van der Waals surface area (Å²) in [6, 6.07) is 6.98. The van der Waals surface area contributed by atoms with Gasteiger partial charge in [0.05, 0.1) is 12.7 Å². The maximum atomic E-state index is 13.8. The maximum Gasteiger partial charge on any atom is 0.165 e. The van der Waals surface area contributed by atoms with Crippen molar-refractivity contribution in [2.45, 2.75) is 0 Å². The summed E-state index contributed by atoms with van der Waals surface area (Å²) < 4.78 is 32.2. The fourth-order valence-electron chi connectivity index (χ4n) is 1.60. The molecule has 0 fully saturated rings. The topological polar surface area (TPSA) is 45.9 Å². The zero-order valence-electron chi connectivity index (χ0n) is 9.45. The van der Waals surface area contributed by atoms with Gasteiger partial charge in [0, 0.05) is 11.8 Å². The Morgan fingerprint density at radius 1 is 1.28 bits per heavy atom. The van der Waals surface area contributed by atoms with Crippen molar-refractivity contribution >= 4 is 0 Å². The first-order valence-electron chi connectivity index (χ1n) is 5.06. The van der Waals surface area contributed by atoms with E-state index in [1.54, 1.807) is 6.07 Å². The highest BCUT2D eigenvalue weighted by Crippen LogP contribution is 2.32. The predicted molar refractivity (Wildman–Crippen MR) is 60.9 cm³/mol. The standard InChI is InChI=1S/C13H8F2N2O/c1-18-13-9(3-2-4-10(13)14)12-11(15)5-8(6-16)7-17-12/h2-5,7H,1H3. The third kappa shape index (κ3) is 2.00. The van der Waals surface area contributed by atoms with Gasteiger partial charge in [-0.1, -0.05) is 6.07 Å². The van der Waals surface area contributed by atoms with Gasteiger partial charge in [-0.15, -0.1) is 0 Å². The highest BCUT2D eigenvalue weighted by Gasteiger charge is 2.15. The molecule has 18 heavy (non-hydrogen) atoms. The van der Waals surface area contributed by atoms with Gasteiger partial charge in [0.15, 0.2) is 17.4 Å². The molecule has 0 atom stereocenters. The highest BCUT2D eigenvalue weighted by atomic mass is 19.1. The Balaban J connectivity index is 2.63. The second-order valence-corrected chi connectivity index (χ2v) is 3.49. The van der Waals surface area contributed by atoms with E-state index in [-0.39, 0.29) is 22.6 Å². The molecular formula is C13H8F2N2O. The number of pyridine rings is 1. The molecule has 0 aliphatic carbocycles. The number of methoxy groups -OCH3 is 1. The van der Waals surface area contributed by atoms with E-state index >= 15 is 0 Å². The number of hydrogen-bond donors (Lipinski definition) is 0. The Kier molecular flexibility index (Phi) is 3.20. The van der Waals surface area contributed by atoms with Crippen LogP contribution in [0.15, 0.2) is 30.5 Å². The molecule has 0 aliphatic heterocycles. The Morgan fingerprint density at radius 2 is 2.06 bits per heavy atom. The minimum absolute atomic E-state index is 0.0506. The third-order valence-electron chi connectivity index (χ3n) is 2.40. The number of rotatable bonds is 2. The molecule has 0 N–H and O–H groups in total. The molecule has 0 unspecified atom stereocenters. The van der Waals surface area contributed by atoms with Crippen LogP contribution < -0.4 is 4.74 Å². The summed E-state index contributed by atoms with van der Waals surface area (Å²) in [6.07, 6.45) is 1.22. The fraction of sp³-hybridized carbons (Fsp3) is 0.0769. The Morgan fingerprint density at radius 3 is 2.67 bits per heavy atom. The molecule has 2 aromatic rings. The molecule has 0 radical (unpaired) electrons. The first-order valence-corrected chi connectivity index (χ1v) is 5.06. The molecular weight excluding hydrogens is 238 g/mol. The molecule has 1 aromatic heterocycles. The number of nitriles is 1. The van der Waals surface area contributed by atoms with Crippen LogP contribution in [-0.2, 0) is 0 Å². The van der Waals surface area contributed by atoms with Crippen molar-refractivity contribution in [1.29, 1.82) is 5.26 Å². The van der Waals surface area contributed by atoms with Crippen LogP contribution in [0.4, 0.5) is 8.78 Å². The van der Waals surface area contributed by atoms with Crippen molar-refractivity contribution in [2.24, 2.45) is 0 Å². The molecule has 5 heteroatoms. The van der Waals surface area contributed by atoms with E-state index in [0.717, 1.165) is 6.07 Å². The number of hydrogen-bond acceptors (Lipinski definition) is 3. The van der Waals surface area contributed by atoms with E-state index in [4.69, 9.17) is 10.00 Å². The van der Waals surface area contributed by atoms with Crippen LogP contribution in [0.3, 0.4) is 0 Å². The second kappa shape index (κ2) is 4.80. The van der Waals surface area contributed by atoms with Gasteiger partial charge in [0.25, 0.3) is 0 Å². The third-order valence-corrected chi connectivity index (χ3v) is 2.40. The van der Waals surface area contributed by atoms with Crippen molar-refractivity contribution in [1.82, 2.24) is 4.98 Å². The summed E-state index contributed by atoms with van der Waals surface area (Å²) in [4.78, 5) is 3.82. The van der Waals surface area contributed by atoms with Crippen molar-refractivity contribution in [3.63, 3.8) is 0 Å². The molecule has 0 spiro atoms. The monoisotopic (exact) mass is 246 g/mol. The lowest BCUT2D eigenvalue weighted by atomic mass is 10.1. The second-order valence-electron chi connectivity index (χ2n) is 3.49. The number of nitrogens with zero attached hydrogens (tertiary/aromatic N) is 2. The van der Waals surface area contributed by atoms with Gasteiger partial charge in [-0.05, 0) is 18.2 Å². The average molecular weight is 246 g/mol. The highest BCUT2D eigenvalue weighted by molar-refractivity contribution is 5.68. The van der Waals surface area contributed by atoms with Gasteiger partial charge in [0.2, 0.25) is 0 Å². The van der Waals surface area contributed by atoms with Crippen LogP contribution >= 0.6 is 0 Å². The number of para-hydroxylation sites is 1. The van der Waals surface area contributed by atoms with E-state index in [2.05, 4.69) is 4.98 Å². The number of aromatic nitrogens is 1. The fourth-order valence-corrected chi connectivity index (χ4v) is 1.60. The van der Waals surface area contributed by atoms with Gasteiger partial charge < -0.3 is 4.74 Å². The van der Waals surface area contributed by atoms with Gasteiger partial charge in [-0.2, -0.15) is 5.26 Å². The SMILES string of the molecule is COc1c(F)cccc1-c1ncc(C#N)cc1F. The van der Waals surface area contributed by atoms with Crippen LogP contribution in [0, 0.1) is 23.0 Å². The molecule has 0 aliphatic rings. The molecule has 0 bridgehead atoms. The molecule has 2 rings (SSSR count). The van der Waals surface area contributed by atoms with Crippen LogP contribution in [0.1, 0.15) is 5.56 Å². The summed E-state index contributed by atoms with van der Waals surface area (Å²) in [6.45, 7) is 0. The lowest BCUT2D eigenvalue weighted by Gasteiger charge is -2.09. The van der Waals surface area contributed by atoms with Gasteiger partial charge >= 0.3 is 0 Å². The molecule has 90 valence electrons. The van der Waals surface area contributed by atoms with E-state index in [9.17, 15) is 8.78 Å². The number of halogens is 2. The number of ether oxygens (including phenoxy) is 1. The predicted octanol–water partition coefficient (Wildman–Crippen LogP) is 2.91. The largest absolute Gasteiger partial charge is 0.493 e. The smallest absolute Gasteiger partial charge is 0.165 e. The van der Waals surface area contributed by atoms with E-state index in [1.807, 2.05) is 0 Å². The van der Waals surface area contributed by atoms with E-state index < -0.39 is 11.6 Å². The van der Waals surface area contributed by atoms with E-state index in [1.165, 1.54) is 31.5 Å². The first-order chi connectivity index (χ1) is 8.67. The lowest BCUT2D eigenvalue weighted by molar-refractivity contribution is 0.388. The zero-order chi connectivity index (χ0) is 13.1. The van der Waals surface area contributed by atoms with Gasteiger partial charge in [-0.3, -0.25) is 4.98 Å². The Bertz CT molecular complexity index is 635. The van der Waals surface area contributed by atoms with Gasteiger partial charge in [0.1, 0.15) is 11.8 Å². The molecule has 1 heterocycles. The minimum Gasteiger partial charge on any atom is -0.493 e. The normalized spacial score (nSPS) is 9.89. The quantitative estimate of drug-likeness (QED) is 0.818. The van der Waals surface area contributed by atoms with Gasteiger partial charge in [-0.25, -0.2) is 8.78 Å². The van der Waals surface area contributed by atoms with Crippen LogP contribution in [0.5, 0.6) is 5.75 Å². The summed E-state index contributed by atoms with van der Waals surface area (Å²) in [5.74, 6) is -1.37. The van der Waals surface area contributed by atoms with Crippen LogP contribution in [-0.4, -0.2) is 12.1 Å². The van der Waals surface area contributed by atoms with Crippen LogP contribution in [0.2, 0.25) is 0 Å². The summed E-state index contributed by atoms with van der Waals surface area (Å²) >= 11 is 0. The van der Waals surface area contributed by atoms with Crippen molar-refractivity contribution < 1.29 is 13.5 Å². The average Bonchev–Trinajstić information content (AvgIpc) is 2.38. The van der Waals surface area contributed by atoms with Crippen molar-refractivity contribution in [2.75, 3.05) is 7.11 Å². The minimum atomic E-state index is -0.696. The molecule has 0 saturated heterocycles. The van der Waals surface area contributed by atoms with Crippen LogP contribution in [0.25, 0.3) is 11.3 Å². The molecule has 0 amide bonds. The van der Waals surface area contributed by atoms with E-state index in [0.29, 0.717) is 0 Å². The molecule has 0 saturated carbocycles. The first kappa shape index (κ1) is 12.0. The van der Waals surface area contributed by atoms with Crippen molar-refractivity contribution in [3.05, 3.63) is 47.7 Å². The van der Waals surface area contributed by atoms with Crippen molar-refractivity contribution in [3.8, 4) is 23.1 Å². The zero-order valence-corrected chi connectivity index (χ0v) is 9.45. The summed E-state index contributed by atoms with van der Waals surface area (Å²) in [7, 11) is 1.30.